The number of carbonyl (C=O) groups excluding carboxylic acids is 1. The van der Waals surface area contributed by atoms with Crippen molar-refractivity contribution in [2.75, 3.05) is 6.54 Å². The number of hydrogen-bond acceptors (Lipinski definition) is 5. The molecular formula is C25H27NO5. The molecule has 6 heteroatoms. The Labute approximate surface area is 182 Å². The van der Waals surface area contributed by atoms with Gasteiger partial charge in [0.05, 0.1) is 6.10 Å². The first kappa shape index (κ1) is 22.3. The molecule has 0 spiro atoms. The maximum atomic E-state index is 11.8. The lowest BCUT2D eigenvalue weighted by atomic mass is 10.0. The summed E-state index contributed by atoms with van der Waals surface area (Å²) in [7, 11) is 0. The van der Waals surface area contributed by atoms with Crippen molar-refractivity contribution >= 4 is 6.09 Å². The fourth-order valence-electron chi connectivity index (χ4n) is 3.01. The lowest BCUT2D eigenvalue weighted by Crippen LogP contribution is -2.29. The molecular weight excluding hydrogens is 394 g/mol. The Kier molecular flexibility index (Phi) is 8.46. The summed E-state index contributed by atoms with van der Waals surface area (Å²) in [4.78, 5) is 11.8. The van der Waals surface area contributed by atoms with Crippen molar-refractivity contribution in [1.29, 1.82) is 0 Å². The fourth-order valence-corrected chi connectivity index (χ4v) is 3.01. The number of carbonyl (C=O) groups is 1. The van der Waals surface area contributed by atoms with E-state index in [0.717, 1.165) is 11.1 Å². The molecule has 0 fully saturated rings. The molecule has 3 rings (SSSR count). The van der Waals surface area contributed by atoms with E-state index in [9.17, 15) is 15.0 Å². The number of ether oxygens (including phenoxy) is 2. The zero-order valence-electron chi connectivity index (χ0n) is 17.2. The van der Waals surface area contributed by atoms with E-state index in [0.29, 0.717) is 17.9 Å². The summed E-state index contributed by atoms with van der Waals surface area (Å²) < 4.78 is 10.9. The lowest BCUT2D eigenvalue weighted by Gasteiger charge is -2.19. The van der Waals surface area contributed by atoms with E-state index in [-0.39, 0.29) is 19.6 Å². The van der Waals surface area contributed by atoms with Gasteiger partial charge >= 0.3 is 6.09 Å². The van der Waals surface area contributed by atoms with E-state index < -0.39 is 18.3 Å². The van der Waals surface area contributed by atoms with Crippen molar-refractivity contribution in [2.45, 2.75) is 31.8 Å². The van der Waals surface area contributed by atoms with Gasteiger partial charge in [-0.2, -0.15) is 0 Å². The number of aliphatic hydroxyl groups excluding tert-OH is 2. The van der Waals surface area contributed by atoms with Gasteiger partial charge in [0.2, 0.25) is 0 Å². The highest BCUT2D eigenvalue weighted by Crippen LogP contribution is 2.23. The Morgan fingerprint density at radius 1 is 0.839 bits per heavy atom. The number of rotatable bonds is 10. The molecule has 31 heavy (non-hydrogen) atoms. The van der Waals surface area contributed by atoms with Crippen LogP contribution < -0.4 is 10.1 Å². The highest BCUT2D eigenvalue weighted by Gasteiger charge is 2.19. The van der Waals surface area contributed by atoms with E-state index in [1.807, 2.05) is 60.7 Å². The average Bonchev–Trinajstić information content (AvgIpc) is 2.82. The predicted molar refractivity (Wildman–Crippen MR) is 117 cm³/mol. The third kappa shape index (κ3) is 7.44. The van der Waals surface area contributed by atoms with Gasteiger partial charge in [-0.3, -0.25) is 0 Å². The molecule has 3 N–H and O–H groups in total. The van der Waals surface area contributed by atoms with Crippen LogP contribution in [0, 0.1) is 0 Å². The van der Waals surface area contributed by atoms with Crippen LogP contribution in [0.1, 0.15) is 29.2 Å². The van der Waals surface area contributed by atoms with Gasteiger partial charge < -0.3 is 25.0 Å². The maximum absolute atomic E-state index is 11.8. The molecule has 6 nitrogen and oxygen atoms in total. The minimum Gasteiger partial charge on any atom is -0.489 e. The molecule has 3 aromatic rings. The van der Waals surface area contributed by atoms with Crippen LogP contribution in [0.4, 0.5) is 4.79 Å². The third-order valence-corrected chi connectivity index (χ3v) is 4.73. The summed E-state index contributed by atoms with van der Waals surface area (Å²) in [5.74, 6) is 0.607. The Balaban J connectivity index is 1.41. The number of alkyl carbamates (subject to hydrolysis) is 1. The van der Waals surface area contributed by atoms with Gasteiger partial charge in [0.15, 0.2) is 0 Å². The zero-order chi connectivity index (χ0) is 21.9. The highest BCUT2D eigenvalue weighted by atomic mass is 16.5. The quantitative estimate of drug-likeness (QED) is 0.461. The normalized spacial score (nSPS) is 12.6. The minimum absolute atomic E-state index is 0.174. The smallest absolute Gasteiger partial charge is 0.407 e. The molecule has 0 aliphatic rings. The van der Waals surface area contributed by atoms with Gasteiger partial charge in [-0.1, -0.05) is 72.8 Å². The Bertz CT molecular complexity index is 933. The number of hydrogen-bond donors (Lipinski definition) is 3. The second kappa shape index (κ2) is 11.7. The van der Waals surface area contributed by atoms with Gasteiger partial charge in [-0.05, 0) is 35.2 Å². The van der Waals surface area contributed by atoms with Crippen molar-refractivity contribution in [1.82, 2.24) is 5.32 Å². The van der Waals surface area contributed by atoms with Crippen molar-refractivity contribution in [3.63, 3.8) is 0 Å². The molecule has 0 aliphatic heterocycles. The van der Waals surface area contributed by atoms with Crippen molar-refractivity contribution in [3.05, 3.63) is 102 Å². The largest absolute Gasteiger partial charge is 0.489 e. The first-order valence-corrected chi connectivity index (χ1v) is 10.2. The molecule has 0 saturated carbocycles. The lowest BCUT2D eigenvalue weighted by molar-refractivity contribution is 0.0135. The van der Waals surface area contributed by atoms with Crippen LogP contribution in [0.3, 0.4) is 0 Å². The molecule has 162 valence electrons. The van der Waals surface area contributed by atoms with Crippen LogP contribution in [0.25, 0.3) is 0 Å². The molecule has 2 unspecified atom stereocenters. The molecule has 3 aromatic carbocycles. The summed E-state index contributed by atoms with van der Waals surface area (Å²) >= 11 is 0. The number of nitrogens with one attached hydrogen (secondary N) is 1. The monoisotopic (exact) mass is 421 g/mol. The van der Waals surface area contributed by atoms with Crippen molar-refractivity contribution < 1.29 is 24.5 Å². The van der Waals surface area contributed by atoms with E-state index in [1.165, 1.54) is 0 Å². The SMILES string of the molecule is O=C(NCCC(O)C(O)c1cccc(OCc2ccccc2)c1)OCc1ccccc1. The Hall–Kier alpha value is -3.35. The molecule has 2 atom stereocenters. The zero-order valence-corrected chi connectivity index (χ0v) is 17.2. The van der Waals surface area contributed by atoms with Gasteiger partial charge in [0, 0.05) is 6.54 Å². The van der Waals surface area contributed by atoms with Crippen LogP contribution in [0.5, 0.6) is 5.75 Å². The predicted octanol–water partition coefficient (Wildman–Crippen LogP) is 3.98. The molecule has 0 heterocycles. The van der Waals surface area contributed by atoms with Crippen LogP contribution >= 0.6 is 0 Å². The highest BCUT2D eigenvalue weighted by molar-refractivity contribution is 5.67. The number of amides is 1. The first-order valence-electron chi connectivity index (χ1n) is 10.2. The summed E-state index contributed by atoms with van der Waals surface area (Å²) in [5.41, 5.74) is 2.48. The van der Waals surface area contributed by atoms with Gasteiger partial charge in [0.1, 0.15) is 25.1 Å². The minimum atomic E-state index is -1.09. The van der Waals surface area contributed by atoms with E-state index in [4.69, 9.17) is 9.47 Å². The van der Waals surface area contributed by atoms with Crippen molar-refractivity contribution in [2.24, 2.45) is 0 Å². The van der Waals surface area contributed by atoms with E-state index >= 15 is 0 Å². The van der Waals surface area contributed by atoms with Gasteiger partial charge in [-0.15, -0.1) is 0 Å². The summed E-state index contributed by atoms with van der Waals surface area (Å²) in [6.07, 6.45) is -2.53. The second-order valence-corrected chi connectivity index (χ2v) is 7.14. The Morgan fingerprint density at radius 2 is 1.48 bits per heavy atom. The molecule has 0 saturated heterocycles. The summed E-state index contributed by atoms with van der Waals surface area (Å²) in [6.45, 7) is 0.766. The molecule has 0 aromatic heterocycles. The van der Waals surface area contributed by atoms with E-state index in [1.54, 1.807) is 24.3 Å². The molecule has 0 aliphatic carbocycles. The third-order valence-electron chi connectivity index (χ3n) is 4.73. The summed E-state index contributed by atoms with van der Waals surface area (Å²) in [5, 5.41) is 23.4. The number of benzene rings is 3. The fraction of sp³-hybridized carbons (Fsp3) is 0.240. The first-order chi connectivity index (χ1) is 15.1. The standard InChI is InChI=1S/C25H27NO5/c27-23(14-15-26-25(29)31-18-20-10-5-2-6-11-20)24(28)21-12-7-13-22(16-21)30-17-19-8-3-1-4-9-19/h1-13,16,23-24,27-28H,14-15,17-18H2,(H,26,29). The maximum Gasteiger partial charge on any atom is 0.407 e. The Morgan fingerprint density at radius 3 is 2.16 bits per heavy atom. The average molecular weight is 421 g/mol. The number of aliphatic hydroxyl groups is 2. The topological polar surface area (TPSA) is 88.0 Å². The van der Waals surface area contributed by atoms with Crippen LogP contribution in [0.15, 0.2) is 84.9 Å². The summed E-state index contributed by atoms with van der Waals surface area (Å²) in [6, 6.07) is 26.1. The van der Waals surface area contributed by atoms with Crippen molar-refractivity contribution in [3.8, 4) is 5.75 Å². The molecule has 1 amide bonds. The van der Waals surface area contributed by atoms with E-state index in [2.05, 4.69) is 5.32 Å². The second-order valence-electron chi connectivity index (χ2n) is 7.14. The molecule has 0 bridgehead atoms. The van der Waals surface area contributed by atoms with Crippen LogP contribution in [-0.2, 0) is 18.0 Å². The van der Waals surface area contributed by atoms with Gasteiger partial charge in [-0.25, -0.2) is 4.79 Å². The van der Waals surface area contributed by atoms with Crippen LogP contribution in [-0.4, -0.2) is 29.0 Å². The van der Waals surface area contributed by atoms with Gasteiger partial charge in [0.25, 0.3) is 0 Å². The van der Waals surface area contributed by atoms with Crippen LogP contribution in [0.2, 0.25) is 0 Å². The molecule has 0 radical (unpaired) electrons.